The molecule has 0 saturated heterocycles. The van der Waals surface area contributed by atoms with Crippen molar-refractivity contribution in [3.63, 3.8) is 0 Å². The lowest BCUT2D eigenvalue weighted by atomic mass is 10.0. The third-order valence-corrected chi connectivity index (χ3v) is 3.87. The Hall–Kier alpha value is -3.67. The molecule has 4 rings (SSSR count). The lowest BCUT2D eigenvalue weighted by Gasteiger charge is -2.09. The smallest absolute Gasteiger partial charge is 0.348 e. The summed E-state index contributed by atoms with van der Waals surface area (Å²) in [6.07, 6.45) is 1.61. The summed E-state index contributed by atoms with van der Waals surface area (Å²) in [6.45, 7) is 0. The summed E-state index contributed by atoms with van der Waals surface area (Å²) in [5, 5.41) is 3.97. The number of rotatable bonds is 3. The number of nitrogen functional groups attached to an aromatic ring is 1. The zero-order valence-corrected chi connectivity index (χ0v) is 13.2. The van der Waals surface area contributed by atoms with Crippen LogP contribution in [0.5, 0.6) is 0 Å². The Morgan fingerprint density at radius 3 is 2.60 bits per heavy atom. The Morgan fingerprint density at radius 1 is 0.960 bits per heavy atom. The van der Waals surface area contributed by atoms with Gasteiger partial charge in [0.05, 0.1) is 5.39 Å². The lowest BCUT2D eigenvalue weighted by molar-refractivity contribution is 1.10. The Kier molecular flexibility index (Phi) is 3.63. The largest absolute Gasteiger partial charge is 0.399 e. The average Bonchev–Trinajstić information content (AvgIpc) is 2.62. The van der Waals surface area contributed by atoms with Crippen LogP contribution in [-0.4, -0.2) is 15.0 Å². The fourth-order valence-corrected chi connectivity index (χ4v) is 2.69. The van der Waals surface area contributed by atoms with Crippen LogP contribution in [-0.2, 0) is 0 Å². The second-order valence-electron chi connectivity index (χ2n) is 5.62. The Labute approximate surface area is 143 Å². The van der Waals surface area contributed by atoms with E-state index in [-0.39, 0.29) is 0 Å². The topological polar surface area (TPSA) is 96.7 Å². The van der Waals surface area contributed by atoms with Gasteiger partial charge in [-0.25, -0.2) is 9.78 Å². The maximum Gasteiger partial charge on any atom is 0.348 e. The Balaban J connectivity index is 1.67. The van der Waals surface area contributed by atoms with Crippen LogP contribution in [0.3, 0.4) is 0 Å². The van der Waals surface area contributed by atoms with Crippen molar-refractivity contribution in [3.8, 4) is 11.1 Å². The van der Waals surface area contributed by atoms with Crippen LogP contribution in [0.2, 0.25) is 0 Å². The standard InChI is InChI=1S/C19H15N5O/c20-14-4-1-3-13(11-14)12-6-8-15(9-7-12)22-18-16-5-2-10-21-17(16)23-19(25)24-18/h1-11H,20H2,(H2,21,22,23,24,25). The van der Waals surface area contributed by atoms with Crippen LogP contribution in [0.1, 0.15) is 0 Å². The molecule has 4 aromatic rings. The number of nitrogens with one attached hydrogen (secondary N) is 2. The SMILES string of the molecule is Nc1cccc(-c2ccc(Nc3[nH]c(=O)nc4ncccc34)cc2)c1. The zero-order chi connectivity index (χ0) is 17.2. The van der Waals surface area contributed by atoms with Crippen LogP contribution < -0.4 is 16.7 Å². The minimum atomic E-state index is -0.440. The predicted molar refractivity (Wildman–Crippen MR) is 99.7 cm³/mol. The highest BCUT2D eigenvalue weighted by molar-refractivity contribution is 5.88. The number of nitrogens with zero attached hydrogens (tertiary/aromatic N) is 2. The molecule has 4 N–H and O–H groups in total. The molecule has 0 saturated carbocycles. The van der Waals surface area contributed by atoms with Crippen molar-refractivity contribution in [3.05, 3.63) is 77.3 Å². The summed E-state index contributed by atoms with van der Waals surface area (Å²) >= 11 is 0. The van der Waals surface area contributed by atoms with Crippen molar-refractivity contribution in [2.75, 3.05) is 11.1 Å². The highest BCUT2D eigenvalue weighted by Gasteiger charge is 2.06. The monoisotopic (exact) mass is 329 g/mol. The van der Waals surface area contributed by atoms with E-state index in [0.29, 0.717) is 11.5 Å². The minimum absolute atomic E-state index is 0.408. The maximum atomic E-state index is 11.7. The van der Waals surface area contributed by atoms with E-state index in [0.717, 1.165) is 27.9 Å². The number of anilines is 3. The number of aromatic nitrogens is 3. The summed E-state index contributed by atoms with van der Waals surface area (Å²) in [4.78, 5) is 22.4. The van der Waals surface area contributed by atoms with Crippen molar-refractivity contribution in [2.45, 2.75) is 0 Å². The number of aromatic amines is 1. The molecule has 0 bridgehead atoms. The van der Waals surface area contributed by atoms with Gasteiger partial charge in [0, 0.05) is 17.6 Å². The van der Waals surface area contributed by atoms with Gasteiger partial charge in [0.25, 0.3) is 0 Å². The normalized spacial score (nSPS) is 10.7. The molecule has 25 heavy (non-hydrogen) atoms. The molecule has 2 aromatic heterocycles. The molecule has 6 heteroatoms. The van der Waals surface area contributed by atoms with E-state index in [1.807, 2.05) is 54.6 Å². The fourth-order valence-electron chi connectivity index (χ4n) is 2.69. The van der Waals surface area contributed by atoms with E-state index >= 15 is 0 Å². The van der Waals surface area contributed by atoms with Crippen LogP contribution in [0.4, 0.5) is 17.2 Å². The van der Waals surface area contributed by atoms with Crippen molar-refractivity contribution >= 4 is 28.2 Å². The van der Waals surface area contributed by atoms with E-state index in [4.69, 9.17) is 5.73 Å². The Bertz CT molecular complexity index is 1100. The van der Waals surface area contributed by atoms with Gasteiger partial charge in [-0.1, -0.05) is 24.3 Å². The molecule has 0 fully saturated rings. The van der Waals surface area contributed by atoms with Gasteiger partial charge in [-0.3, -0.25) is 4.98 Å². The molecule has 0 unspecified atom stereocenters. The molecule has 0 atom stereocenters. The molecule has 122 valence electrons. The first-order valence-electron chi connectivity index (χ1n) is 7.77. The lowest BCUT2D eigenvalue weighted by Crippen LogP contribution is -2.13. The van der Waals surface area contributed by atoms with E-state index in [9.17, 15) is 4.79 Å². The number of hydrogen-bond donors (Lipinski definition) is 3. The number of pyridine rings is 1. The van der Waals surface area contributed by atoms with Crippen molar-refractivity contribution in [2.24, 2.45) is 0 Å². The average molecular weight is 329 g/mol. The van der Waals surface area contributed by atoms with Crippen LogP contribution in [0.15, 0.2) is 71.7 Å². The molecule has 2 aromatic carbocycles. The number of fused-ring (bicyclic) bond motifs is 1. The highest BCUT2D eigenvalue weighted by Crippen LogP contribution is 2.25. The first-order valence-corrected chi connectivity index (χ1v) is 7.77. The van der Waals surface area contributed by atoms with E-state index in [2.05, 4.69) is 20.3 Å². The van der Waals surface area contributed by atoms with Crippen molar-refractivity contribution in [1.82, 2.24) is 15.0 Å². The Morgan fingerprint density at radius 2 is 1.80 bits per heavy atom. The molecule has 0 radical (unpaired) electrons. The van der Waals surface area contributed by atoms with Crippen LogP contribution in [0.25, 0.3) is 22.2 Å². The second-order valence-corrected chi connectivity index (χ2v) is 5.62. The van der Waals surface area contributed by atoms with Gasteiger partial charge in [0.2, 0.25) is 0 Å². The molecule has 0 aliphatic heterocycles. The summed E-state index contributed by atoms with van der Waals surface area (Å²) in [5.74, 6) is 0.569. The quantitative estimate of drug-likeness (QED) is 0.501. The van der Waals surface area contributed by atoms with Crippen LogP contribution in [0, 0.1) is 0 Å². The third kappa shape index (κ3) is 3.05. The molecule has 6 nitrogen and oxygen atoms in total. The first-order chi connectivity index (χ1) is 12.2. The van der Waals surface area contributed by atoms with Crippen LogP contribution >= 0.6 is 0 Å². The molecule has 0 spiro atoms. The van der Waals surface area contributed by atoms with Crippen molar-refractivity contribution in [1.29, 1.82) is 0 Å². The van der Waals surface area contributed by atoms with Gasteiger partial charge in [0.1, 0.15) is 5.82 Å². The highest BCUT2D eigenvalue weighted by atomic mass is 16.1. The molecule has 0 aliphatic carbocycles. The van der Waals surface area contributed by atoms with E-state index in [1.54, 1.807) is 12.3 Å². The first kappa shape index (κ1) is 14.9. The number of hydrogen-bond acceptors (Lipinski definition) is 5. The van der Waals surface area contributed by atoms with Gasteiger partial charge < -0.3 is 11.1 Å². The minimum Gasteiger partial charge on any atom is -0.399 e. The van der Waals surface area contributed by atoms with Gasteiger partial charge in [-0.15, -0.1) is 0 Å². The van der Waals surface area contributed by atoms with Gasteiger partial charge in [-0.05, 0) is 47.5 Å². The van der Waals surface area contributed by atoms with Gasteiger partial charge in [-0.2, -0.15) is 4.98 Å². The number of nitrogens with two attached hydrogens (primary N) is 1. The summed E-state index contributed by atoms with van der Waals surface area (Å²) in [6, 6.07) is 19.3. The zero-order valence-electron chi connectivity index (χ0n) is 13.2. The predicted octanol–water partition coefficient (Wildman–Crippen LogP) is 3.31. The van der Waals surface area contributed by atoms with E-state index in [1.165, 1.54) is 0 Å². The number of H-pyrrole nitrogens is 1. The number of benzene rings is 2. The maximum absolute atomic E-state index is 11.7. The third-order valence-electron chi connectivity index (χ3n) is 3.87. The summed E-state index contributed by atoms with van der Waals surface area (Å²) in [5.41, 5.74) is 9.50. The molecular formula is C19H15N5O. The summed E-state index contributed by atoms with van der Waals surface area (Å²) < 4.78 is 0. The van der Waals surface area contributed by atoms with Crippen molar-refractivity contribution < 1.29 is 0 Å². The molecule has 2 heterocycles. The molecule has 0 amide bonds. The van der Waals surface area contributed by atoms with E-state index < -0.39 is 5.69 Å². The fraction of sp³-hybridized carbons (Fsp3) is 0. The van der Waals surface area contributed by atoms with Gasteiger partial charge >= 0.3 is 5.69 Å². The summed E-state index contributed by atoms with van der Waals surface area (Å²) in [7, 11) is 0. The van der Waals surface area contributed by atoms with Gasteiger partial charge in [0.15, 0.2) is 5.65 Å². The molecule has 0 aliphatic rings. The molecular weight excluding hydrogens is 314 g/mol. The second kappa shape index (κ2) is 6.09.